The van der Waals surface area contributed by atoms with Crippen LogP contribution in [0.1, 0.15) is 34.1 Å². The number of aliphatic hydroxyl groups excluding tert-OH is 1. The van der Waals surface area contributed by atoms with Crippen molar-refractivity contribution >= 4 is 0 Å². The molecule has 1 saturated heterocycles. The van der Waals surface area contributed by atoms with E-state index in [1.54, 1.807) is 0 Å². The molecule has 0 radical (unpaired) electrons. The fraction of sp³-hybridized carbons (Fsp3) is 1.00. The first kappa shape index (κ1) is 11.0. The minimum atomic E-state index is -0.132. The number of aliphatic hydroxyl groups is 1. The number of hydrogen-bond acceptors (Lipinski definition) is 3. The number of rotatable bonds is 2. The summed E-state index contributed by atoms with van der Waals surface area (Å²) >= 11 is 0. The molecular weight excluding hydrogens is 168 g/mol. The smallest absolute Gasteiger partial charge is 0.0866 e. The second kappa shape index (κ2) is 3.95. The zero-order valence-corrected chi connectivity index (χ0v) is 8.91. The van der Waals surface area contributed by atoms with E-state index in [9.17, 15) is 0 Å². The maximum atomic E-state index is 8.92. The number of hydrogen-bond donors (Lipinski definition) is 1. The summed E-state index contributed by atoms with van der Waals surface area (Å²) in [5, 5.41) is 8.92. The summed E-state index contributed by atoms with van der Waals surface area (Å²) in [6, 6.07) is 0. The molecule has 3 heteroatoms. The molecule has 0 aliphatic carbocycles. The van der Waals surface area contributed by atoms with Gasteiger partial charge >= 0.3 is 0 Å². The van der Waals surface area contributed by atoms with E-state index in [1.807, 2.05) is 27.7 Å². The first-order valence-corrected chi connectivity index (χ1v) is 4.86. The maximum Gasteiger partial charge on any atom is 0.0866 e. The van der Waals surface area contributed by atoms with Crippen LogP contribution in [0, 0.1) is 0 Å². The Morgan fingerprint density at radius 2 is 2.08 bits per heavy atom. The van der Waals surface area contributed by atoms with Crippen molar-refractivity contribution in [2.45, 2.75) is 58.0 Å². The molecule has 0 bridgehead atoms. The fourth-order valence-electron chi connectivity index (χ4n) is 1.61. The molecule has 0 aromatic carbocycles. The van der Waals surface area contributed by atoms with Gasteiger partial charge in [-0.15, -0.1) is 0 Å². The molecule has 1 rings (SSSR count). The molecule has 0 aromatic heterocycles. The van der Waals surface area contributed by atoms with Gasteiger partial charge in [0.15, 0.2) is 0 Å². The molecule has 1 N–H and O–H groups in total. The molecule has 0 aromatic rings. The van der Waals surface area contributed by atoms with Crippen molar-refractivity contribution in [3.8, 4) is 0 Å². The monoisotopic (exact) mass is 188 g/mol. The standard InChI is InChI=1S/C10H20O3/c1-7-9(13-10(2,3)4)5-8(6-11)12-7/h7-9,11H,5-6H2,1-4H3/t7-,8-,9-/m0/s1. The lowest BCUT2D eigenvalue weighted by Gasteiger charge is -2.26. The molecule has 0 unspecified atom stereocenters. The van der Waals surface area contributed by atoms with E-state index >= 15 is 0 Å². The van der Waals surface area contributed by atoms with Gasteiger partial charge in [0.05, 0.1) is 30.5 Å². The van der Waals surface area contributed by atoms with Gasteiger partial charge in [-0.25, -0.2) is 0 Å². The Labute approximate surface area is 80.0 Å². The van der Waals surface area contributed by atoms with Crippen LogP contribution in [0.4, 0.5) is 0 Å². The second-order valence-corrected chi connectivity index (χ2v) is 4.65. The van der Waals surface area contributed by atoms with Gasteiger partial charge in [0.2, 0.25) is 0 Å². The Hall–Kier alpha value is -0.120. The molecule has 3 atom stereocenters. The summed E-state index contributed by atoms with van der Waals surface area (Å²) in [5.41, 5.74) is -0.132. The molecule has 0 saturated carbocycles. The van der Waals surface area contributed by atoms with E-state index in [1.165, 1.54) is 0 Å². The third-order valence-electron chi connectivity index (χ3n) is 2.13. The third kappa shape index (κ3) is 3.25. The van der Waals surface area contributed by atoms with Gasteiger partial charge in [0, 0.05) is 6.42 Å². The van der Waals surface area contributed by atoms with Crippen LogP contribution in [0.2, 0.25) is 0 Å². The molecule has 1 fully saturated rings. The minimum absolute atomic E-state index is 0.0395. The molecule has 13 heavy (non-hydrogen) atoms. The van der Waals surface area contributed by atoms with Crippen LogP contribution in [-0.2, 0) is 9.47 Å². The molecule has 1 aliphatic heterocycles. The van der Waals surface area contributed by atoms with E-state index < -0.39 is 0 Å². The van der Waals surface area contributed by atoms with E-state index in [2.05, 4.69) is 0 Å². The summed E-state index contributed by atoms with van der Waals surface area (Å²) in [5.74, 6) is 0. The third-order valence-corrected chi connectivity index (χ3v) is 2.13. The topological polar surface area (TPSA) is 38.7 Å². The maximum absolute atomic E-state index is 8.92. The van der Waals surface area contributed by atoms with Crippen molar-refractivity contribution in [1.82, 2.24) is 0 Å². The highest BCUT2D eigenvalue weighted by Crippen LogP contribution is 2.26. The summed E-state index contributed by atoms with van der Waals surface area (Å²) in [6.45, 7) is 8.18. The van der Waals surface area contributed by atoms with Crippen LogP contribution in [0.15, 0.2) is 0 Å². The Bertz CT molecular complexity index is 162. The predicted molar refractivity (Wildman–Crippen MR) is 50.7 cm³/mol. The Morgan fingerprint density at radius 1 is 1.46 bits per heavy atom. The average molecular weight is 188 g/mol. The minimum Gasteiger partial charge on any atom is -0.394 e. The van der Waals surface area contributed by atoms with Crippen LogP contribution in [-0.4, -0.2) is 35.6 Å². The summed E-state index contributed by atoms with van der Waals surface area (Å²) in [7, 11) is 0. The quantitative estimate of drug-likeness (QED) is 0.710. The van der Waals surface area contributed by atoms with Crippen molar-refractivity contribution in [2.75, 3.05) is 6.61 Å². The lowest BCUT2D eigenvalue weighted by Crippen LogP contribution is -2.31. The lowest BCUT2D eigenvalue weighted by molar-refractivity contribution is -0.0861. The molecule has 1 aliphatic rings. The molecule has 1 heterocycles. The number of ether oxygens (including phenoxy) is 2. The van der Waals surface area contributed by atoms with E-state index in [4.69, 9.17) is 14.6 Å². The average Bonchev–Trinajstić information content (AvgIpc) is 2.29. The van der Waals surface area contributed by atoms with Gasteiger partial charge in [-0.2, -0.15) is 0 Å². The summed E-state index contributed by atoms with van der Waals surface area (Å²) < 4.78 is 11.3. The highest BCUT2D eigenvalue weighted by Gasteiger charge is 2.34. The first-order chi connectivity index (χ1) is 5.92. The Morgan fingerprint density at radius 3 is 2.46 bits per heavy atom. The fourth-order valence-corrected chi connectivity index (χ4v) is 1.61. The largest absolute Gasteiger partial charge is 0.394 e. The first-order valence-electron chi connectivity index (χ1n) is 4.86. The van der Waals surface area contributed by atoms with Crippen LogP contribution in [0.25, 0.3) is 0 Å². The Balaban J connectivity index is 2.44. The van der Waals surface area contributed by atoms with Crippen molar-refractivity contribution in [2.24, 2.45) is 0 Å². The van der Waals surface area contributed by atoms with Gasteiger partial charge in [-0.05, 0) is 27.7 Å². The van der Waals surface area contributed by atoms with Gasteiger partial charge in [0.1, 0.15) is 0 Å². The van der Waals surface area contributed by atoms with Crippen molar-refractivity contribution in [3.63, 3.8) is 0 Å². The highest BCUT2D eigenvalue weighted by atomic mass is 16.6. The van der Waals surface area contributed by atoms with Crippen LogP contribution in [0.5, 0.6) is 0 Å². The molecule has 3 nitrogen and oxygen atoms in total. The van der Waals surface area contributed by atoms with Crippen LogP contribution >= 0.6 is 0 Å². The van der Waals surface area contributed by atoms with Gasteiger partial charge < -0.3 is 14.6 Å². The van der Waals surface area contributed by atoms with Crippen LogP contribution < -0.4 is 0 Å². The highest BCUT2D eigenvalue weighted by molar-refractivity contribution is 4.82. The SMILES string of the molecule is C[C@@H]1O[C@H](CO)C[C@@H]1OC(C)(C)C. The van der Waals surface area contributed by atoms with Crippen LogP contribution in [0.3, 0.4) is 0 Å². The normalized spacial score (nSPS) is 35.3. The molecular formula is C10H20O3. The van der Waals surface area contributed by atoms with E-state index in [-0.39, 0.29) is 30.5 Å². The zero-order valence-electron chi connectivity index (χ0n) is 8.91. The lowest BCUT2D eigenvalue weighted by atomic mass is 10.1. The van der Waals surface area contributed by atoms with E-state index in [0.717, 1.165) is 6.42 Å². The zero-order chi connectivity index (χ0) is 10.1. The summed E-state index contributed by atoms with van der Waals surface area (Å²) in [4.78, 5) is 0. The van der Waals surface area contributed by atoms with Gasteiger partial charge in [0.25, 0.3) is 0 Å². The van der Waals surface area contributed by atoms with Crippen molar-refractivity contribution in [3.05, 3.63) is 0 Å². The van der Waals surface area contributed by atoms with Gasteiger partial charge in [-0.3, -0.25) is 0 Å². The predicted octanol–water partition coefficient (Wildman–Crippen LogP) is 1.34. The van der Waals surface area contributed by atoms with Crippen molar-refractivity contribution in [1.29, 1.82) is 0 Å². The van der Waals surface area contributed by atoms with Crippen molar-refractivity contribution < 1.29 is 14.6 Å². The molecule has 0 amide bonds. The van der Waals surface area contributed by atoms with E-state index in [0.29, 0.717) is 0 Å². The summed E-state index contributed by atoms with van der Waals surface area (Å²) in [6.07, 6.45) is 0.977. The van der Waals surface area contributed by atoms with Gasteiger partial charge in [-0.1, -0.05) is 0 Å². The Kier molecular flexibility index (Phi) is 3.33. The molecule has 0 spiro atoms. The molecule has 78 valence electrons. The second-order valence-electron chi connectivity index (χ2n) is 4.65.